The van der Waals surface area contributed by atoms with Gasteiger partial charge < -0.3 is 5.11 Å². The standard InChI is InChI=1S/C6H3N3O7.K/c10-6-4(8(13)14)1-3(7(11)12)2-5(6)9(15)16;/h1-2,10H;/q;+1. The molecule has 10 nitrogen and oxygen atoms in total. The fraction of sp³-hybridized carbons (Fsp3) is 0. The van der Waals surface area contributed by atoms with E-state index in [9.17, 15) is 30.3 Å². The Kier molecular flexibility index (Phi) is 5.57. The van der Waals surface area contributed by atoms with Gasteiger partial charge in [-0.2, -0.15) is 0 Å². The second kappa shape index (κ2) is 5.97. The van der Waals surface area contributed by atoms with Crippen LogP contribution in [0.4, 0.5) is 17.1 Å². The summed E-state index contributed by atoms with van der Waals surface area (Å²) in [6, 6.07) is 0.894. The molecule has 0 unspecified atom stereocenters. The monoisotopic (exact) mass is 268 g/mol. The van der Waals surface area contributed by atoms with E-state index in [0.29, 0.717) is 12.1 Å². The minimum absolute atomic E-state index is 0. The topological polar surface area (TPSA) is 150 Å². The molecule has 0 radical (unpaired) electrons. The SMILES string of the molecule is O=[N+]([O-])c1cc([N+](=O)[O-])c(O)c([N+](=O)[O-])c1.[K+]. The summed E-state index contributed by atoms with van der Waals surface area (Å²) < 4.78 is 0. The Morgan fingerprint density at radius 2 is 1.24 bits per heavy atom. The summed E-state index contributed by atoms with van der Waals surface area (Å²) in [7, 11) is 0. The first kappa shape index (κ1) is 15.9. The van der Waals surface area contributed by atoms with Gasteiger partial charge in [-0.3, -0.25) is 30.3 Å². The molecule has 0 spiro atoms. The third kappa shape index (κ3) is 3.40. The number of phenolic OH excluding ortho intramolecular Hbond substituents is 1. The number of phenols is 1. The zero-order valence-electron chi connectivity index (χ0n) is 8.39. The Labute approximate surface area is 135 Å². The van der Waals surface area contributed by atoms with E-state index in [1.807, 2.05) is 0 Å². The van der Waals surface area contributed by atoms with Crippen molar-refractivity contribution in [2.75, 3.05) is 0 Å². The zero-order chi connectivity index (χ0) is 12.5. The molecule has 0 heterocycles. The Morgan fingerprint density at radius 3 is 1.47 bits per heavy atom. The van der Waals surface area contributed by atoms with Crippen LogP contribution in [0, 0.1) is 30.3 Å². The van der Waals surface area contributed by atoms with E-state index in [-0.39, 0.29) is 51.4 Å². The van der Waals surface area contributed by atoms with E-state index in [2.05, 4.69) is 0 Å². The number of benzene rings is 1. The van der Waals surface area contributed by atoms with Gasteiger partial charge in [0, 0.05) is 0 Å². The molecule has 1 N–H and O–H groups in total. The summed E-state index contributed by atoms with van der Waals surface area (Å²) in [6.07, 6.45) is 0. The maximum Gasteiger partial charge on any atom is 1.00 e. The van der Waals surface area contributed by atoms with E-state index in [1.165, 1.54) is 0 Å². The quantitative estimate of drug-likeness (QED) is 0.383. The van der Waals surface area contributed by atoms with Crippen LogP contribution >= 0.6 is 0 Å². The molecule has 0 aliphatic carbocycles. The number of aromatic hydroxyl groups is 1. The van der Waals surface area contributed by atoms with Crippen LogP contribution in [-0.2, 0) is 0 Å². The first-order chi connectivity index (χ1) is 7.34. The number of nitro benzene ring substituents is 3. The molecule has 1 rings (SSSR count). The Hall–Kier alpha value is -1.14. The summed E-state index contributed by atoms with van der Waals surface area (Å²) in [6.45, 7) is 0. The van der Waals surface area contributed by atoms with Crippen LogP contribution in [0.15, 0.2) is 12.1 Å². The average Bonchev–Trinajstić information content (AvgIpc) is 2.16. The van der Waals surface area contributed by atoms with Gasteiger partial charge in [0.1, 0.15) is 0 Å². The minimum Gasteiger partial charge on any atom is -0.497 e. The van der Waals surface area contributed by atoms with Crippen molar-refractivity contribution >= 4 is 17.1 Å². The molecule has 84 valence electrons. The first-order valence-electron chi connectivity index (χ1n) is 3.64. The molecule has 1 aromatic carbocycles. The smallest absolute Gasteiger partial charge is 0.497 e. The second-order valence-electron chi connectivity index (χ2n) is 2.60. The molecule has 0 aliphatic heterocycles. The molecular weight excluding hydrogens is 265 g/mol. The van der Waals surface area contributed by atoms with Gasteiger partial charge in [-0.05, 0) is 0 Å². The largest absolute Gasteiger partial charge is 1.00 e. The molecule has 0 aliphatic rings. The fourth-order valence-corrected chi connectivity index (χ4v) is 0.974. The molecule has 0 fully saturated rings. The van der Waals surface area contributed by atoms with E-state index >= 15 is 0 Å². The van der Waals surface area contributed by atoms with Gasteiger partial charge in [-0.15, -0.1) is 0 Å². The van der Waals surface area contributed by atoms with Crippen molar-refractivity contribution in [3.05, 3.63) is 42.5 Å². The van der Waals surface area contributed by atoms with Crippen molar-refractivity contribution < 1.29 is 71.3 Å². The number of rotatable bonds is 3. The number of hydrogen-bond donors (Lipinski definition) is 1. The van der Waals surface area contributed by atoms with E-state index < -0.39 is 37.6 Å². The molecule has 1 aromatic rings. The van der Waals surface area contributed by atoms with Crippen molar-refractivity contribution in [3.8, 4) is 5.75 Å². The van der Waals surface area contributed by atoms with Crippen LogP contribution in [-0.4, -0.2) is 19.9 Å². The summed E-state index contributed by atoms with van der Waals surface area (Å²) in [5.74, 6) is -1.21. The molecule has 0 saturated carbocycles. The number of nitrogens with zero attached hydrogens (tertiary/aromatic N) is 3. The van der Waals surface area contributed by atoms with Crippen LogP contribution in [0.5, 0.6) is 5.75 Å². The van der Waals surface area contributed by atoms with Crippen molar-refractivity contribution in [2.24, 2.45) is 0 Å². The van der Waals surface area contributed by atoms with Gasteiger partial charge in [0.2, 0.25) is 0 Å². The van der Waals surface area contributed by atoms with Crippen LogP contribution in [0.25, 0.3) is 0 Å². The van der Waals surface area contributed by atoms with Crippen molar-refractivity contribution in [3.63, 3.8) is 0 Å². The summed E-state index contributed by atoms with van der Waals surface area (Å²) in [5.41, 5.74) is -3.00. The number of nitro groups is 3. The number of non-ortho nitro benzene ring substituents is 1. The third-order valence-corrected chi connectivity index (χ3v) is 1.66. The summed E-state index contributed by atoms with van der Waals surface area (Å²) in [5, 5.41) is 40.2. The summed E-state index contributed by atoms with van der Waals surface area (Å²) in [4.78, 5) is 27.8. The molecule has 17 heavy (non-hydrogen) atoms. The van der Waals surface area contributed by atoms with E-state index in [1.54, 1.807) is 0 Å². The second-order valence-corrected chi connectivity index (χ2v) is 2.60. The zero-order valence-corrected chi connectivity index (χ0v) is 11.5. The Bertz CT molecular complexity index is 467. The van der Waals surface area contributed by atoms with Gasteiger partial charge in [0.05, 0.1) is 26.9 Å². The van der Waals surface area contributed by atoms with Crippen LogP contribution in [0.2, 0.25) is 0 Å². The minimum atomic E-state index is -1.21. The fourth-order valence-electron chi connectivity index (χ4n) is 0.974. The molecule has 0 bridgehead atoms. The third-order valence-electron chi connectivity index (χ3n) is 1.66. The number of hydrogen-bond acceptors (Lipinski definition) is 7. The Balaban J connectivity index is 0.00000256. The molecule has 0 saturated heterocycles. The summed E-state index contributed by atoms with van der Waals surface area (Å²) >= 11 is 0. The maximum absolute atomic E-state index is 10.4. The van der Waals surface area contributed by atoms with Crippen LogP contribution in [0.3, 0.4) is 0 Å². The molecule has 0 amide bonds. The Morgan fingerprint density at radius 1 is 0.882 bits per heavy atom. The predicted octanol–water partition coefficient (Wildman–Crippen LogP) is -1.88. The van der Waals surface area contributed by atoms with Gasteiger partial charge in [0.25, 0.3) is 11.4 Å². The van der Waals surface area contributed by atoms with Crippen molar-refractivity contribution in [1.82, 2.24) is 0 Å². The maximum atomic E-state index is 10.4. The van der Waals surface area contributed by atoms with Crippen LogP contribution < -0.4 is 51.4 Å². The molecule has 0 atom stereocenters. The van der Waals surface area contributed by atoms with Gasteiger partial charge in [-0.1, -0.05) is 0 Å². The molecule has 11 heteroatoms. The molecule has 0 aromatic heterocycles. The van der Waals surface area contributed by atoms with E-state index in [4.69, 9.17) is 5.11 Å². The van der Waals surface area contributed by atoms with Gasteiger partial charge >= 0.3 is 62.8 Å². The van der Waals surface area contributed by atoms with Gasteiger partial charge in [-0.25, -0.2) is 0 Å². The normalized spacial score (nSPS) is 9.18. The first-order valence-corrected chi connectivity index (χ1v) is 3.64. The van der Waals surface area contributed by atoms with Crippen LogP contribution in [0.1, 0.15) is 0 Å². The van der Waals surface area contributed by atoms with Gasteiger partial charge in [0.15, 0.2) is 0 Å². The predicted molar refractivity (Wildman–Crippen MR) is 48.1 cm³/mol. The van der Waals surface area contributed by atoms with Crippen molar-refractivity contribution in [1.29, 1.82) is 0 Å². The van der Waals surface area contributed by atoms with Crippen molar-refractivity contribution in [2.45, 2.75) is 0 Å². The molecular formula is C6H3KN3O7+. The average molecular weight is 268 g/mol. The van der Waals surface area contributed by atoms with E-state index in [0.717, 1.165) is 0 Å².